The van der Waals surface area contributed by atoms with Crippen LogP contribution in [0.15, 0.2) is 36.4 Å². The minimum Gasteiger partial charge on any atom is -0.461 e. The second kappa shape index (κ2) is 16.9. The molecule has 2 atom stereocenters. The molecule has 14 nitrogen and oxygen atoms in total. The van der Waals surface area contributed by atoms with Gasteiger partial charge in [-0.3, -0.25) is 33.7 Å². The molecule has 1 heterocycles. The van der Waals surface area contributed by atoms with Crippen molar-refractivity contribution >= 4 is 47.2 Å². The quantitative estimate of drug-likeness (QED) is 0.0944. The van der Waals surface area contributed by atoms with Crippen molar-refractivity contribution in [2.24, 2.45) is 23.0 Å². The smallest absolute Gasteiger partial charge is 0.312 e. The number of nitrogens with two attached hydrogens (primary N) is 1. The van der Waals surface area contributed by atoms with Crippen LogP contribution in [0.2, 0.25) is 0 Å². The van der Waals surface area contributed by atoms with Gasteiger partial charge in [0.15, 0.2) is 0 Å². The highest BCUT2D eigenvalue weighted by atomic mass is 16.5. The van der Waals surface area contributed by atoms with Gasteiger partial charge < -0.3 is 31.7 Å². The van der Waals surface area contributed by atoms with E-state index in [4.69, 9.17) is 10.5 Å². The van der Waals surface area contributed by atoms with Gasteiger partial charge in [-0.2, -0.15) is 0 Å². The van der Waals surface area contributed by atoms with Gasteiger partial charge in [0, 0.05) is 35.3 Å². The van der Waals surface area contributed by atoms with E-state index in [2.05, 4.69) is 21.3 Å². The lowest BCUT2D eigenvalue weighted by atomic mass is 9.78. The number of carbonyl (C=O) groups excluding carboxylic acids is 7. The lowest BCUT2D eigenvalue weighted by Crippen LogP contribution is -2.57. The molecule has 264 valence electrons. The van der Waals surface area contributed by atoms with E-state index >= 15 is 0 Å². The Morgan fingerprint density at radius 3 is 1.98 bits per heavy atom. The molecule has 0 spiro atoms. The second-order valence-corrected chi connectivity index (χ2v) is 13.9. The van der Waals surface area contributed by atoms with Crippen molar-refractivity contribution in [2.45, 2.75) is 98.9 Å². The molecule has 0 aromatic heterocycles. The molecule has 1 aromatic carbocycles. The Kier molecular flexibility index (Phi) is 13.9. The van der Waals surface area contributed by atoms with Crippen LogP contribution >= 0.6 is 0 Å². The Bertz CT molecular complexity index is 1380. The molecule has 6 N–H and O–H groups in total. The van der Waals surface area contributed by atoms with Gasteiger partial charge in [-0.15, -0.1) is 0 Å². The molecule has 14 heteroatoms. The number of hydrogen-bond donors (Lipinski definition) is 5. The summed E-state index contributed by atoms with van der Waals surface area (Å²) in [5.41, 5.74) is 4.22. The Hall–Kier alpha value is -4.75. The highest BCUT2D eigenvalue weighted by Gasteiger charge is 2.44. The molecule has 48 heavy (non-hydrogen) atoms. The summed E-state index contributed by atoms with van der Waals surface area (Å²) in [5.74, 6) is -3.46. The molecule has 0 radical (unpaired) electrons. The number of nitrogens with one attached hydrogen (secondary N) is 4. The summed E-state index contributed by atoms with van der Waals surface area (Å²) >= 11 is 0. The molecule has 1 aliphatic rings. The van der Waals surface area contributed by atoms with Crippen LogP contribution < -0.4 is 27.0 Å². The third-order valence-electron chi connectivity index (χ3n) is 7.82. The van der Waals surface area contributed by atoms with Gasteiger partial charge in [0.25, 0.3) is 11.8 Å². The first-order valence-electron chi connectivity index (χ1n) is 16.0. The zero-order valence-corrected chi connectivity index (χ0v) is 29.1. The summed E-state index contributed by atoms with van der Waals surface area (Å²) in [7, 11) is 0. The normalized spacial score (nSPS) is 14.5. The summed E-state index contributed by atoms with van der Waals surface area (Å²) in [6, 6.07) is 3.91. The molecule has 7 amide bonds. The van der Waals surface area contributed by atoms with E-state index in [0.29, 0.717) is 12.1 Å². The van der Waals surface area contributed by atoms with Crippen molar-refractivity contribution in [1.29, 1.82) is 0 Å². The van der Waals surface area contributed by atoms with Crippen molar-refractivity contribution < 1.29 is 38.3 Å². The van der Waals surface area contributed by atoms with Crippen molar-refractivity contribution in [1.82, 2.24) is 20.9 Å². The van der Waals surface area contributed by atoms with Gasteiger partial charge >= 0.3 is 12.0 Å². The Morgan fingerprint density at radius 2 is 1.46 bits per heavy atom. The highest BCUT2D eigenvalue weighted by Crippen LogP contribution is 2.34. The first-order valence-corrected chi connectivity index (χ1v) is 16.0. The molecule has 1 aliphatic heterocycles. The summed E-state index contributed by atoms with van der Waals surface area (Å²) in [6.45, 7) is 14.0. The largest absolute Gasteiger partial charge is 0.461 e. The Morgan fingerprint density at radius 1 is 0.875 bits per heavy atom. The predicted octanol–water partition coefficient (Wildman–Crippen LogP) is 2.52. The third-order valence-corrected chi connectivity index (χ3v) is 7.82. The molecule has 0 saturated heterocycles. The molecule has 0 aliphatic carbocycles. The number of urea groups is 1. The average Bonchev–Trinajstić information content (AvgIpc) is 3.33. The number of hydrogen-bond acceptors (Lipinski definition) is 8. The zero-order chi connectivity index (χ0) is 36.4. The summed E-state index contributed by atoms with van der Waals surface area (Å²) < 4.78 is 5.24. The summed E-state index contributed by atoms with van der Waals surface area (Å²) in [4.78, 5) is 89.2. The van der Waals surface area contributed by atoms with Gasteiger partial charge in [-0.05, 0) is 56.7 Å². The first kappa shape index (κ1) is 39.4. The summed E-state index contributed by atoms with van der Waals surface area (Å²) in [6.07, 6.45) is 2.95. The van der Waals surface area contributed by atoms with E-state index in [9.17, 15) is 33.6 Å². The average molecular weight is 671 g/mol. The lowest BCUT2D eigenvalue weighted by Gasteiger charge is -2.40. The van der Waals surface area contributed by atoms with Crippen LogP contribution in [0.4, 0.5) is 10.5 Å². The van der Waals surface area contributed by atoms with E-state index in [1.807, 2.05) is 0 Å². The van der Waals surface area contributed by atoms with E-state index in [1.54, 1.807) is 79.7 Å². The van der Waals surface area contributed by atoms with Crippen LogP contribution in [0.25, 0.3) is 0 Å². The highest BCUT2D eigenvalue weighted by molar-refractivity contribution is 6.13. The van der Waals surface area contributed by atoms with Crippen LogP contribution in [0.5, 0.6) is 0 Å². The van der Waals surface area contributed by atoms with Crippen LogP contribution in [0.3, 0.4) is 0 Å². The number of ether oxygens (including phenoxy) is 1. The van der Waals surface area contributed by atoms with Gasteiger partial charge in [0.05, 0.1) is 5.92 Å². The first-order chi connectivity index (χ1) is 22.2. The maximum atomic E-state index is 13.6. The van der Waals surface area contributed by atoms with Gasteiger partial charge in [-0.1, -0.05) is 53.7 Å². The number of nitrogens with zero attached hydrogens (tertiary/aromatic N) is 1. The maximum Gasteiger partial charge on any atom is 0.312 e. The minimum atomic E-state index is -1.10. The van der Waals surface area contributed by atoms with Gasteiger partial charge in [-0.25, -0.2) is 4.79 Å². The topological polar surface area (TPSA) is 206 Å². The number of rotatable bonds is 17. The number of imide groups is 1. The zero-order valence-electron chi connectivity index (χ0n) is 29.1. The number of primary amides is 1. The van der Waals surface area contributed by atoms with Crippen LogP contribution in [-0.2, 0) is 40.1 Å². The minimum absolute atomic E-state index is 0.0825. The predicted molar refractivity (Wildman–Crippen MR) is 179 cm³/mol. The number of benzene rings is 1. The Labute approximate surface area is 281 Å². The number of amides is 7. The van der Waals surface area contributed by atoms with Gasteiger partial charge in [0.1, 0.15) is 18.7 Å². The van der Waals surface area contributed by atoms with Crippen molar-refractivity contribution in [3.63, 3.8) is 0 Å². The second-order valence-electron chi connectivity index (χ2n) is 13.9. The molecular weight excluding hydrogens is 620 g/mol. The van der Waals surface area contributed by atoms with Crippen LogP contribution in [0, 0.1) is 17.3 Å². The monoisotopic (exact) mass is 670 g/mol. The van der Waals surface area contributed by atoms with Crippen molar-refractivity contribution in [3.8, 4) is 0 Å². The van der Waals surface area contributed by atoms with E-state index in [-0.39, 0.29) is 43.8 Å². The van der Waals surface area contributed by atoms with Crippen molar-refractivity contribution in [3.05, 3.63) is 42.0 Å². The SMILES string of the molecule is CC(C)C(=O)OCc1ccc(NC(=O)[C@H](CCCNC(N)=O)NC(=O)[C@@H](NC(=O)C(C)(C)CC(C)(C)N2C(=O)C=CC2=O)C(C)C)cc1. The van der Waals surface area contributed by atoms with E-state index in [1.165, 1.54) is 12.2 Å². The Balaban J connectivity index is 2.15. The fourth-order valence-electron chi connectivity index (χ4n) is 5.39. The number of carbonyl (C=O) groups is 7. The third kappa shape index (κ3) is 11.5. The molecule has 0 bridgehead atoms. The molecule has 0 unspecified atom stereocenters. The standard InChI is InChI=1S/C34H50N6O8/c1-20(2)27(39-31(46)33(5,6)19-34(7,8)40-25(41)15-16-26(40)42)29(44)38-24(10-9-17-36-32(35)47)28(43)37-23-13-11-22(12-14-23)18-48-30(45)21(3)4/h11-16,20-21,24,27H,9-10,17-19H2,1-8H3,(H,37,43)(H,38,44)(H,39,46)(H3,35,36,47)/t24-,27-/m0/s1. The fourth-order valence-corrected chi connectivity index (χ4v) is 5.39. The van der Waals surface area contributed by atoms with Crippen molar-refractivity contribution in [2.75, 3.05) is 11.9 Å². The van der Waals surface area contributed by atoms with Crippen LogP contribution in [0.1, 0.15) is 80.2 Å². The molecule has 0 fully saturated rings. The van der Waals surface area contributed by atoms with E-state index < -0.39 is 58.6 Å². The summed E-state index contributed by atoms with van der Waals surface area (Å²) in [5, 5.41) is 10.8. The van der Waals surface area contributed by atoms with Crippen LogP contribution in [-0.4, -0.2) is 70.6 Å². The molecule has 2 rings (SSSR count). The molecule has 1 aromatic rings. The maximum absolute atomic E-state index is 13.6. The molecule has 0 saturated carbocycles. The van der Waals surface area contributed by atoms with E-state index in [0.717, 1.165) is 10.5 Å². The lowest BCUT2D eigenvalue weighted by molar-refractivity contribution is -0.149. The fraction of sp³-hybridized carbons (Fsp3) is 0.559. The van der Waals surface area contributed by atoms with Gasteiger partial charge in [0.2, 0.25) is 17.7 Å². The molecular formula is C34H50N6O8. The number of esters is 1. The number of anilines is 1.